The Bertz CT molecular complexity index is 1470. The molecule has 0 aliphatic heterocycles. The summed E-state index contributed by atoms with van der Waals surface area (Å²) < 4.78 is 29.3. The number of aromatic nitrogens is 1. The summed E-state index contributed by atoms with van der Waals surface area (Å²) in [6, 6.07) is 20.3. The van der Waals surface area contributed by atoms with Crippen LogP contribution in [0.15, 0.2) is 85.5 Å². The van der Waals surface area contributed by atoms with Crippen LogP contribution in [0.5, 0.6) is 0 Å². The standard InChI is InChI=1S/C26H23ClN2O4S/c1-2-25(19-7-5-18(16-28)6-8-19)34(32,33)29-23(15-21-14-22(27)11-12-24(21)29)13-17-3-9-20(10-4-17)26(30)31/h2-12,14-15,25H,1,13,16,28H2,(H,30,31). The molecule has 0 saturated carbocycles. The molecule has 0 amide bonds. The van der Waals surface area contributed by atoms with E-state index in [0.717, 1.165) is 11.1 Å². The number of halogens is 1. The van der Waals surface area contributed by atoms with Crippen LogP contribution in [0.1, 0.15) is 38.0 Å². The normalized spacial score (nSPS) is 12.5. The zero-order valence-corrected chi connectivity index (χ0v) is 19.8. The number of carbonyl (C=O) groups is 1. The van der Waals surface area contributed by atoms with Crippen LogP contribution in [0, 0.1) is 0 Å². The van der Waals surface area contributed by atoms with E-state index >= 15 is 0 Å². The van der Waals surface area contributed by atoms with E-state index < -0.39 is 21.2 Å². The van der Waals surface area contributed by atoms with Gasteiger partial charge in [0, 0.05) is 29.1 Å². The first kappa shape index (κ1) is 23.8. The van der Waals surface area contributed by atoms with E-state index in [1.165, 1.54) is 22.2 Å². The number of nitrogens with zero attached hydrogens (tertiary/aromatic N) is 1. The lowest BCUT2D eigenvalue weighted by molar-refractivity contribution is 0.0697. The number of carboxylic acid groups (broad SMARTS) is 1. The molecule has 34 heavy (non-hydrogen) atoms. The average molecular weight is 495 g/mol. The molecule has 0 bridgehead atoms. The molecule has 3 N–H and O–H groups in total. The second-order valence-electron chi connectivity index (χ2n) is 7.93. The number of hydrogen-bond donors (Lipinski definition) is 2. The molecule has 0 aliphatic carbocycles. The van der Waals surface area contributed by atoms with Crippen LogP contribution < -0.4 is 5.73 Å². The third-order valence-electron chi connectivity index (χ3n) is 5.71. The first-order valence-electron chi connectivity index (χ1n) is 10.5. The van der Waals surface area contributed by atoms with Crippen LogP contribution in [0.4, 0.5) is 0 Å². The highest BCUT2D eigenvalue weighted by Crippen LogP contribution is 2.33. The van der Waals surface area contributed by atoms with E-state index in [0.29, 0.717) is 33.7 Å². The van der Waals surface area contributed by atoms with Gasteiger partial charge in [-0.2, -0.15) is 0 Å². The van der Waals surface area contributed by atoms with Crippen LogP contribution in [0.25, 0.3) is 10.9 Å². The van der Waals surface area contributed by atoms with Crippen molar-refractivity contribution in [1.82, 2.24) is 3.97 Å². The molecule has 0 radical (unpaired) electrons. The van der Waals surface area contributed by atoms with Crippen LogP contribution in [-0.2, 0) is 23.0 Å². The molecule has 1 unspecified atom stereocenters. The summed E-state index contributed by atoms with van der Waals surface area (Å²) in [7, 11) is -3.96. The molecule has 4 rings (SSSR count). The van der Waals surface area contributed by atoms with E-state index in [1.54, 1.807) is 60.7 Å². The number of fused-ring (bicyclic) bond motifs is 1. The van der Waals surface area contributed by atoms with E-state index in [4.69, 9.17) is 22.4 Å². The molecule has 0 fully saturated rings. The minimum Gasteiger partial charge on any atom is -0.478 e. The molecule has 1 aromatic heterocycles. The number of rotatable bonds is 8. The number of carboxylic acids is 1. The van der Waals surface area contributed by atoms with Crippen molar-refractivity contribution in [2.24, 2.45) is 5.73 Å². The fraction of sp³-hybridized carbons (Fsp3) is 0.115. The van der Waals surface area contributed by atoms with Gasteiger partial charge < -0.3 is 10.8 Å². The van der Waals surface area contributed by atoms with Crippen molar-refractivity contribution in [1.29, 1.82) is 0 Å². The van der Waals surface area contributed by atoms with Crippen LogP contribution in [-0.4, -0.2) is 23.5 Å². The smallest absolute Gasteiger partial charge is 0.335 e. The van der Waals surface area contributed by atoms with Gasteiger partial charge in [0.25, 0.3) is 0 Å². The molecule has 8 heteroatoms. The second-order valence-corrected chi connectivity index (χ2v) is 10.3. The number of nitrogens with two attached hydrogens (primary N) is 1. The van der Waals surface area contributed by atoms with Crippen molar-refractivity contribution in [2.45, 2.75) is 18.2 Å². The van der Waals surface area contributed by atoms with Gasteiger partial charge in [0.05, 0.1) is 11.1 Å². The molecule has 1 atom stereocenters. The van der Waals surface area contributed by atoms with Crippen molar-refractivity contribution in [3.8, 4) is 0 Å². The lowest BCUT2D eigenvalue weighted by Crippen LogP contribution is -2.22. The van der Waals surface area contributed by atoms with Gasteiger partial charge in [-0.1, -0.05) is 54.1 Å². The predicted molar refractivity (Wildman–Crippen MR) is 135 cm³/mol. The van der Waals surface area contributed by atoms with Crippen LogP contribution in [0.3, 0.4) is 0 Å². The molecule has 0 aliphatic rings. The van der Waals surface area contributed by atoms with E-state index in [1.807, 2.05) is 0 Å². The Kier molecular flexibility index (Phi) is 6.61. The third kappa shape index (κ3) is 4.50. The summed E-state index contributed by atoms with van der Waals surface area (Å²) in [4.78, 5) is 11.2. The largest absolute Gasteiger partial charge is 0.478 e. The van der Waals surface area contributed by atoms with E-state index in [2.05, 4.69) is 6.58 Å². The molecule has 3 aromatic carbocycles. The highest BCUT2D eigenvalue weighted by atomic mass is 35.5. The maximum absolute atomic E-state index is 14.0. The van der Waals surface area contributed by atoms with Gasteiger partial charge in [0.1, 0.15) is 5.25 Å². The zero-order valence-electron chi connectivity index (χ0n) is 18.2. The van der Waals surface area contributed by atoms with Crippen molar-refractivity contribution >= 4 is 38.5 Å². The Hall–Kier alpha value is -3.39. The summed E-state index contributed by atoms with van der Waals surface area (Å²) >= 11 is 6.18. The molecular formula is C26H23ClN2O4S. The molecule has 4 aromatic rings. The van der Waals surface area contributed by atoms with E-state index in [9.17, 15) is 13.2 Å². The zero-order chi connectivity index (χ0) is 24.5. The first-order valence-corrected chi connectivity index (χ1v) is 12.4. The summed E-state index contributed by atoms with van der Waals surface area (Å²) in [6.45, 7) is 4.16. The third-order valence-corrected chi connectivity index (χ3v) is 7.99. The summed E-state index contributed by atoms with van der Waals surface area (Å²) in [6.07, 6.45) is 1.70. The molecule has 0 spiro atoms. The maximum atomic E-state index is 14.0. The topological polar surface area (TPSA) is 102 Å². The Morgan fingerprint density at radius 1 is 1.03 bits per heavy atom. The highest BCUT2D eigenvalue weighted by molar-refractivity contribution is 7.90. The lowest BCUT2D eigenvalue weighted by Gasteiger charge is -2.19. The predicted octanol–water partition coefficient (Wildman–Crippen LogP) is 5.15. The van der Waals surface area contributed by atoms with Crippen molar-refractivity contribution in [3.05, 3.63) is 118 Å². The number of hydrogen-bond acceptors (Lipinski definition) is 4. The van der Waals surface area contributed by atoms with Gasteiger partial charge in [-0.15, -0.1) is 6.58 Å². The minimum absolute atomic E-state index is 0.163. The molecular weight excluding hydrogens is 472 g/mol. The fourth-order valence-corrected chi connectivity index (χ4v) is 6.04. The van der Waals surface area contributed by atoms with Gasteiger partial charge in [-0.3, -0.25) is 0 Å². The van der Waals surface area contributed by atoms with Gasteiger partial charge in [0.15, 0.2) is 0 Å². The van der Waals surface area contributed by atoms with Crippen molar-refractivity contribution < 1.29 is 18.3 Å². The maximum Gasteiger partial charge on any atom is 0.335 e. The van der Waals surface area contributed by atoms with E-state index in [-0.39, 0.29) is 12.0 Å². The first-order chi connectivity index (χ1) is 16.2. The Balaban J connectivity index is 1.85. The Morgan fingerprint density at radius 3 is 2.26 bits per heavy atom. The number of aromatic carboxylic acids is 1. The van der Waals surface area contributed by atoms with Crippen molar-refractivity contribution in [2.75, 3.05) is 0 Å². The highest BCUT2D eigenvalue weighted by Gasteiger charge is 2.30. The lowest BCUT2D eigenvalue weighted by atomic mass is 10.1. The monoisotopic (exact) mass is 494 g/mol. The Labute approximate surface area is 203 Å². The van der Waals surface area contributed by atoms with Gasteiger partial charge in [-0.25, -0.2) is 17.2 Å². The Morgan fingerprint density at radius 2 is 1.68 bits per heavy atom. The number of benzene rings is 3. The van der Waals surface area contributed by atoms with Gasteiger partial charge in [-0.05, 0) is 53.1 Å². The fourth-order valence-electron chi connectivity index (χ4n) is 4.00. The molecule has 6 nitrogen and oxygen atoms in total. The second kappa shape index (κ2) is 9.46. The minimum atomic E-state index is -3.96. The van der Waals surface area contributed by atoms with Crippen molar-refractivity contribution in [3.63, 3.8) is 0 Å². The average Bonchev–Trinajstić information content (AvgIpc) is 3.17. The van der Waals surface area contributed by atoms with Crippen LogP contribution in [0.2, 0.25) is 5.02 Å². The molecule has 0 saturated heterocycles. The van der Waals surface area contributed by atoms with Gasteiger partial charge in [0.2, 0.25) is 10.0 Å². The molecule has 1 heterocycles. The quantitative estimate of drug-likeness (QED) is 0.330. The summed E-state index contributed by atoms with van der Waals surface area (Å²) in [5.74, 6) is -1.02. The summed E-state index contributed by atoms with van der Waals surface area (Å²) in [5, 5.41) is 9.35. The van der Waals surface area contributed by atoms with Gasteiger partial charge >= 0.3 is 5.97 Å². The molecule has 174 valence electrons. The van der Waals surface area contributed by atoms with Crippen LogP contribution >= 0.6 is 11.6 Å². The summed E-state index contributed by atoms with van der Waals surface area (Å²) in [5.41, 5.74) is 9.14. The SMILES string of the molecule is C=CC(c1ccc(CN)cc1)S(=O)(=O)n1c(Cc2ccc(C(=O)O)cc2)cc2cc(Cl)ccc21.